The van der Waals surface area contributed by atoms with Gasteiger partial charge in [-0.05, 0) is 42.8 Å². The average Bonchev–Trinajstić information content (AvgIpc) is 3.27. The Balaban J connectivity index is 1.70. The minimum Gasteiger partial charge on any atom is -0.493 e. The molecule has 0 saturated carbocycles. The van der Waals surface area contributed by atoms with Crippen LogP contribution in [-0.4, -0.2) is 46.1 Å². The molecule has 0 bridgehead atoms. The number of aromatic nitrogens is 3. The monoisotopic (exact) mass is 382 g/mol. The fourth-order valence-electron chi connectivity index (χ4n) is 2.71. The van der Waals surface area contributed by atoms with Crippen LogP contribution < -0.4 is 14.8 Å². The van der Waals surface area contributed by atoms with E-state index >= 15 is 0 Å². The third kappa shape index (κ3) is 4.47. The molecule has 0 aliphatic heterocycles. The number of rotatable bonds is 8. The highest BCUT2D eigenvalue weighted by Crippen LogP contribution is 2.28. The Hall–Kier alpha value is -3.39. The third-order valence-corrected chi connectivity index (χ3v) is 4.20. The van der Waals surface area contributed by atoms with E-state index in [0.717, 1.165) is 11.3 Å². The van der Waals surface area contributed by atoms with Gasteiger partial charge in [-0.25, -0.2) is 9.67 Å². The number of carbonyl (C=O) groups excluding carboxylic acids is 1. The van der Waals surface area contributed by atoms with Gasteiger partial charge in [0.2, 0.25) is 0 Å². The van der Waals surface area contributed by atoms with E-state index in [1.165, 1.54) is 13.4 Å². The molecular weight excluding hydrogens is 360 g/mol. The minimum absolute atomic E-state index is 0.121. The smallest absolute Gasteiger partial charge is 0.251 e. The van der Waals surface area contributed by atoms with Crippen LogP contribution in [0.2, 0.25) is 0 Å². The second-order valence-electron chi connectivity index (χ2n) is 6.06. The van der Waals surface area contributed by atoms with Crippen LogP contribution in [0.1, 0.15) is 28.9 Å². The number of amides is 1. The molecule has 3 aromatic rings. The maximum atomic E-state index is 12.6. The molecule has 3 rings (SSSR count). The molecular formula is C20H22N4O4. The van der Waals surface area contributed by atoms with Crippen LogP contribution in [-0.2, 0) is 0 Å². The van der Waals surface area contributed by atoms with Crippen LogP contribution in [0.5, 0.6) is 11.5 Å². The van der Waals surface area contributed by atoms with Crippen molar-refractivity contribution in [1.29, 1.82) is 0 Å². The van der Waals surface area contributed by atoms with Gasteiger partial charge in [0.05, 0.1) is 25.4 Å². The van der Waals surface area contributed by atoms with Crippen LogP contribution >= 0.6 is 0 Å². The van der Waals surface area contributed by atoms with Crippen molar-refractivity contribution in [2.75, 3.05) is 20.3 Å². The number of hydrogen-bond acceptors (Lipinski definition) is 6. The average molecular weight is 382 g/mol. The lowest BCUT2D eigenvalue weighted by atomic mass is 10.1. The Labute approximate surface area is 162 Å². The molecule has 2 N–H and O–H groups in total. The second kappa shape index (κ2) is 9.01. The Morgan fingerprint density at radius 1 is 1.21 bits per heavy atom. The normalized spacial score (nSPS) is 11.7. The third-order valence-electron chi connectivity index (χ3n) is 4.20. The second-order valence-corrected chi connectivity index (χ2v) is 6.06. The number of aliphatic hydroxyl groups is 1. The quantitative estimate of drug-likeness (QED) is 0.619. The lowest BCUT2D eigenvalue weighted by Gasteiger charge is -2.16. The summed E-state index contributed by atoms with van der Waals surface area (Å²) in [5.74, 6) is 0.681. The molecule has 1 aromatic heterocycles. The van der Waals surface area contributed by atoms with E-state index in [1.54, 1.807) is 29.2 Å². The highest BCUT2D eigenvalue weighted by molar-refractivity contribution is 5.95. The van der Waals surface area contributed by atoms with Crippen molar-refractivity contribution in [2.45, 2.75) is 13.0 Å². The van der Waals surface area contributed by atoms with Crippen molar-refractivity contribution in [3.63, 3.8) is 0 Å². The molecule has 146 valence electrons. The van der Waals surface area contributed by atoms with Crippen LogP contribution in [0, 0.1) is 0 Å². The molecule has 0 saturated heterocycles. The highest BCUT2D eigenvalue weighted by atomic mass is 16.5. The number of methoxy groups -OCH3 is 1. The molecule has 0 fully saturated rings. The fourth-order valence-corrected chi connectivity index (χ4v) is 2.71. The van der Waals surface area contributed by atoms with E-state index in [4.69, 9.17) is 14.6 Å². The number of aliphatic hydroxyl groups excluding tert-OH is 1. The molecule has 0 aliphatic rings. The van der Waals surface area contributed by atoms with Gasteiger partial charge in [-0.3, -0.25) is 4.79 Å². The molecule has 0 radical (unpaired) electrons. The number of hydrogen-bond donors (Lipinski definition) is 2. The van der Waals surface area contributed by atoms with Crippen molar-refractivity contribution >= 4 is 5.91 Å². The van der Waals surface area contributed by atoms with Crippen LogP contribution in [0.3, 0.4) is 0 Å². The summed E-state index contributed by atoms with van der Waals surface area (Å²) in [4.78, 5) is 16.6. The number of nitrogens with zero attached hydrogens (tertiary/aromatic N) is 3. The lowest BCUT2D eigenvalue weighted by Crippen LogP contribution is -2.26. The summed E-state index contributed by atoms with van der Waals surface area (Å²) >= 11 is 0. The van der Waals surface area contributed by atoms with Crippen molar-refractivity contribution < 1.29 is 19.4 Å². The molecule has 2 aromatic carbocycles. The van der Waals surface area contributed by atoms with Gasteiger partial charge >= 0.3 is 0 Å². The van der Waals surface area contributed by atoms with Gasteiger partial charge in [0, 0.05) is 5.56 Å². The molecule has 1 heterocycles. The first-order chi connectivity index (χ1) is 13.6. The van der Waals surface area contributed by atoms with Gasteiger partial charge in [0.15, 0.2) is 11.5 Å². The minimum atomic E-state index is -0.232. The van der Waals surface area contributed by atoms with Crippen molar-refractivity contribution in [3.8, 4) is 17.2 Å². The molecule has 1 unspecified atom stereocenters. The summed E-state index contributed by atoms with van der Waals surface area (Å²) in [5, 5.41) is 16.0. The Morgan fingerprint density at radius 2 is 2.00 bits per heavy atom. The maximum absolute atomic E-state index is 12.6. The topological polar surface area (TPSA) is 98.5 Å². The van der Waals surface area contributed by atoms with E-state index in [0.29, 0.717) is 17.1 Å². The van der Waals surface area contributed by atoms with E-state index in [-0.39, 0.29) is 25.2 Å². The van der Waals surface area contributed by atoms with E-state index in [2.05, 4.69) is 15.4 Å². The first-order valence-corrected chi connectivity index (χ1v) is 8.80. The number of nitrogens with one attached hydrogen (secondary N) is 1. The number of ether oxygens (including phenoxy) is 2. The highest BCUT2D eigenvalue weighted by Gasteiger charge is 2.15. The van der Waals surface area contributed by atoms with Gasteiger partial charge in [0.25, 0.3) is 5.91 Å². The van der Waals surface area contributed by atoms with E-state index in [9.17, 15) is 4.79 Å². The molecule has 0 spiro atoms. The molecule has 0 aliphatic carbocycles. The van der Waals surface area contributed by atoms with Crippen LogP contribution in [0.25, 0.3) is 5.69 Å². The molecule has 8 heteroatoms. The predicted octanol–water partition coefficient (Wildman–Crippen LogP) is 2.14. The van der Waals surface area contributed by atoms with Gasteiger partial charge in [-0.2, -0.15) is 5.10 Å². The first-order valence-electron chi connectivity index (χ1n) is 8.80. The van der Waals surface area contributed by atoms with Gasteiger partial charge in [0.1, 0.15) is 19.3 Å². The summed E-state index contributed by atoms with van der Waals surface area (Å²) in [5.41, 5.74) is 2.29. The Kier molecular flexibility index (Phi) is 6.23. The van der Waals surface area contributed by atoms with Crippen molar-refractivity contribution in [2.24, 2.45) is 0 Å². The van der Waals surface area contributed by atoms with E-state index in [1.807, 2.05) is 31.2 Å². The van der Waals surface area contributed by atoms with Gasteiger partial charge in [-0.1, -0.05) is 12.1 Å². The standard InChI is InChI=1S/C20H22N4O4/c1-14(15-3-6-17(7-4-15)24-13-21-12-22-24)23-20(26)16-5-8-18(27-2)19(11-16)28-10-9-25/h3-8,11-14,25H,9-10H2,1-2H3,(H,23,26). The SMILES string of the molecule is COc1ccc(C(=O)NC(C)c2ccc(-n3cncn3)cc2)cc1OCCO. The Morgan fingerprint density at radius 3 is 2.64 bits per heavy atom. The van der Waals surface area contributed by atoms with Crippen molar-refractivity contribution in [3.05, 3.63) is 66.2 Å². The summed E-state index contributed by atoms with van der Waals surface area (Å²) in [6.07, 6.45) is 3.10. The van der Waals surface area contributed by atoms with Gasteiger partial charge in [-0.15, -0.1) is 0 Å². The zero-order valence-electron chi connectivity index (χ0n) is 15.7. The number of benzene rings is 2. The first kappa shape index (κ1) is 19.4. The number of carbonyl (C=O) groups is 1. The van der Waals surface area contributed by atoms with Crippen molar-refractivity contribution in [1.82, 2.24) is 20.1 Å². The summed E-state index contributed by atoms with van der Waals surface area (Å²) in [7, 11) is 1.52. The summed E-state index contributed by atoms with van der Waals surface area (Å²) < 4.78 is 12.3. The maximum Gasteiger partial charge on any atom is 0.251 e. The Bertz CT molecular complexity index is 910. The molecule has 1 atom stereocenters. The predicted molar refractivity (Wildman–Crippen MR) is 103 cm³/mol. The fraction of sp³-hybridized carbons (Fsp3) is 0.250. The lowest BCUT2D eigenvalue weighted by molar-refractivity contribution is 0.0939. The summed E-state index contributed by atoms with van der Waals surface area (Å²) in [6, 6.07) is 12.4. The van der Waals surface area contributed by atoms with Crippen LogP contribution in [0.15, 0.2) is 55.1 Å². The zero-order valence-corrected chi connectivity index (χ0v) is 15.7. The zero-order chi connectivity index (χ0) is 19.9. The molecule has 1 amide bonds. The van der Waals surface area contributed by atoms with Crippen LogP contribution in [0.4, 0.5) is 0 Å². The molecule has 28 heavy (non-hydrogen) atoms. The molecule has 8 nitrogen and oxygen atoms in total. The summed E-state index contributed by atoms with van der Waals surface area (Å²) in [6.45, 7) is 1.91. The largest absolute Gasteiger partial charge is 0.493 e. The van der Waals surface area contributed by atoms with Gasteiger partial charge < -0.3 is 19.9 Å². The van der Waals surface area contributed by atoms with E-state index < -0.39 is 0 Å².